The molecule has 0 aliphatic carbocycles. The van der Waals surface area contributed by atoms with Gasteiger partial charge in [0.05, 0.1) is 25.5 Å². The van der Waals surface area contributed by atoms with Gasteiger partial charge in [-0.3, -0.25) is 4.79 Å². The lowest BCUT2D eigenvalue weighted by Gasteiger charge is -2.11. The molecule has 5 rings (SSSR count). The summed E-state index contributed by atoms with van der Waals surface area (Å²) in [7, 11) is 1.53. The van der Waals surface area contributed by atoms with E-state index in [0.717, 1.165) is 22.0 Å². The first kappa shape index (κ1) is 27.5. The second-order valence-electron chi connectivity index (χ2n) is 8.89. The molecule has 206 valence electrons. The standard InChI is InChI=1S/C32H26ClN3O5/c1-3-40-28-16-20(12-15-27(28)41-32(38)22-10-7-11-24(17-22)39-2)19-34-36-31(37)30-29(21-8-5-4-6-9-21)25-18-23(33)13-14-26(25)35-30/h4-19,35H,3H2,1-2H3,(H,36,37). The maximum absolute atomic E-state index is 13.2. The second kappa shape index (κ2) is 12.4. The Hall–Kier alpha value is -5.08. The monoisotopic (exact) mass is 567 g/mol. The van der Waals surface area contributed by atoms with Gasteiger partial charge >= 0.3 is 5.97 Å². The van der Waals surface area contributed by atoms with Crippen molar-refractivity contribution in [1.82, 2.24) is 10.4 Å². The van der Waals surface area contributed by atoms with E-state index in [1.54, 1.807) is 48.5 Å². The molecule has 0 bridgehead atoms. The average Bonchev–Trinajstić information content (AvgIpc) is 3.37. The molecule has 0 aliphatic rings. The molecular formula is C32H26ClN3O5. The lowest BCUT2D eigenvalue weighted by molar-refractivity contribution is 0.0727. The number of amides is 1. The third-order valence-corrected chi connectivity index (χ3v) is 6.44. The molecule has 0 radical (unpaired) electrons. The Labute approximate surface area is 241 Å². The summed E-state index contributed by atoms with van der Waals surface area (Å²) in [5, 5.41) is 5.55. The summed E-state index contributed by atoms with van der Waals surface area (Å²) in [5.41, 5.74) is 6.31. The quantitative estimate of drug-likeness (QED) is 0.0875. The predicted octanol–water partition coefficient (Wildman–Crippen LogP) is 6.88. The summed E-state index contributed by atoms with van der Waals surface area (Å²) in [6.07, 6.45) is 1.48. The number of nitrogens with zero attached hydrogens (tertiary/aromatic N) is 1. The number of fused-ring (bicyclic) bond motifs is 1. The minimum Gasteiger partial charge on any atom is -0.497 e. The van der Waals surface area contributed by atoms with Gasteiger partial charge in [-0.1, -0.05) is 48.0 Å². The van der Waals surface area contributed by atoms with Crippen LogP contribution in [0.5, 0.6) is 17.2 Å². The number of carbonyl (C=O) groups is 2. The number of ether oxygens (including phenoxy) is 3. The SMILES string of the molecule is CCOc1cc(C=NNC(=O)c2[nH]c3ccc(Cl)cc3c2-c2ccccc2)ccc1OC(=O)c1cccc(OC)c1. The molecule has 1 heterocycles. The summed E-state index contributed by atoms with van der Waals surface area (Å²) in [6.45, 7) is 2.18. The van der Waals surface area contributed by atoms with E-state index in [4.69, 9.17) is 25.8 Å². The average molecular weight is 568 g/mol. The molecule has 0 atom stereocenters. The van der Waals surface area contributed by atoms with Crippen LogP contribution < -0.4 is 19.6 Å². The summed E-state index contributed by atoms with van der Waals surface area (Å²) in [5.74, 6) is 0.196. The molecular weight excluding hydrogens is 542 g/mol. The van der Waals surface area contributed by atoms with E-state index in [1.165, 1.54) is 13.3 Å². The molecule has 4 aromatic carbocycles. The summed E-state index contributed by atoms with van der Waals surface area (Å²) in [4.78, 5) is 29.1. The van der Waals surface area contributed by atoms with Crippen molar-refractivity contribution < 1.29 is 23.8 Å². The Kier molecular flexibility index (Phi) is 8.31. The molecule has 0 spiro atoms. The first-order chi connectivity index (χ1) is 20.0. The van der Waals surface area contributed by atoms with Crippen LogP contribution >= 0.6 is 11.6 Å². The van der Waals surface area contributed by atoms with Crippen LogP contribution in [0.3, 0.4) is 0 Å². The van der Waals surface area contributed by atoms with Gasteiger partial charge in [0.2, 0.25) is 0 Å². The molecule has 9 heteroatoms. The zero-order chi connectivity index (χ0) is 28.8. The smallest absolute Gasteiger partial charge is 0.343 e. The molecule has 2 N–H and O–H groups in total. The summed E-state index contributed by atoms with van der Waals surface area (Å²) in [6, 6.07) is 26.7. The Morgan fingerprint density at radius 2 is 1.78 bits per heavy atom. The van der Waals surface area contributed by atoms with Crippen LogP contribution in [-0.2, 0) is 0 Å². The topological polar surface area (TPSA) is 102 Å². The molecule has 0 fully saturated rings. The predicted molar refractivity (Wildman–Crippen MR) is 159 cm³/mol. The molecule has 0 unspecified atom stereocenters. The Morgan fingerprint density at radius 1 is 0.951 bits per heavy atom. The van der Waals surface area contributed by atoms with Crippen LogP contribution in [0.15, 0.2) is 96.1 Å². The van der Waals surface area contributed by atoms with Crippen molar-refractivity contribution in [1.29, 1.82) is 0 Å². The van der Waals surface area contributed by atoms with E-state index >= 15 is 0 Å². The maximum atomic E-state index is 13.2. The van der Waals surface area contributed by atoms with Gasteiger partial charge in [0, 0.05) is 21.5 Å². The number of hydrogen-bond donors (Lipinski definition) is 2. The van der Waals surface area contributed by atoms with E-state index < -0.39 is 11.9 Å². The fraction of sp³-hybridized carbons (Fsp3) is 0.0938. The lowest BCUT2D eigenvalue weighted by atomic mass is 10.0. The summed E-state index contributed by atoms with van der Waals surface area (Å²) >= 11 is 6.26. The van der Waals surface area contributed by atoms with Gasteiger partial charge in [0.1, 0.15) is 11.4 Å². The number of nitrogens with one attached hydrogen (secondary N) is 2. The Bertz CT molecular complexity index is 1750. The van der Waals surface area contributed by atoms with Crippen molar-refractivity contribution in [2.45, 2.75) is 6.92 Å². The van der Waals surface area contributed by atoms with Crippen LogP contribution in [0.2, 0.25) is 5.02 Å². The number of H-pyrrole nitrogens is 1. The number of benzene rings is 4. The third-order valence-electron chi connectivity index (χ3n) is 6.21. The van der Waals surface area contributed by atoms with E-state index in [2.05, 4.69) is 15.5 Å². The van der Waals surface area contributed by atoms with Crippen LogP contribution in [-0.4, -0.2) is 36.8 Å². The first-order valence-corrected chi connectivity index (χ1v) is 13.2. The number of halogens is 1. The van der Waals surface area contributed by atoms with E-state index in [9.17, 15) is 9.59 Å². The largest absolute Gasteiger partial charge is 0.497 e. The normalized spacial score (nSPS) is 11.0. The summed E-state index contributed by atoms with van der Waals surface area (Å²) < 4.78 is 16.5. The van der Waals surface area contributed by atoms with Crippen molar-refractivity contribution in [3.63, 3.8) is 0 Å². The van der Waals surface area contributed by atoms with Crippen molar-refractivity contribution in [3.8, 4) is 28.4 Å². The molecule has 5 aromatic rings. The van der Waals surface area contributed by atoms with Crippen molar-refractivity contribution in [3.05, 3.63) is 113 Å². The molecule has 1 aromatic heterocycles. The first-order valence-electron chi connectivity index (χ1n) is 12.8. The molecule has 41 heavy (non-hydrogen) atoms. The zero-order valence-corrected chi connectivity index (χ0v) is 23.1. The minimum absolute atomic E-state index is 0.255. The zero-order valence-electron chi connectivity index (χ0n) is 22.3. The van der Waals surface area contributed by atoms with Crippen molar-refractivity contribution >= 4 is 40.6 Å². The number of methoxy groups -OCH3 is 1. The second-order valence-corrected chi connectivity index (χ2v) is 9.33. The molecule has 0 aliphatic heterocycles. The van der Waals surface area contributed by atoms with Crippen molar-refractivity contribution in [2.24, 2.45) is 5.10 Å². The van der Waals surface area contributed by atoms with Gasteiger partial charge < -0.3 is 19.2 Å². The highest BCUT2D eigenvalue weighted by atomic mass is 35.5. The highest BCUT2D eigenvalue weighted by Gasteiger charge is 2.19. The van der Waals surface area contributed by atoms with Crippen molar-refractivity contribution in [2.75, 3.05) is 13.7 Å². The molecule has 1 amide bonds. The number of rotatable bonds is 9. The van der Waals surface area contributed by atoms with Gasteiger partial charge in [0.25, 0.3) is 5.91 Å². The van der Waals surface area contributed by atoms with Gasteiger partial charge in [-0.25, -0.2) is 10.2 Å². The van der Waals surface area contributed by atoms with E-state index in [0.29, 0.717) is 39.9 Å². The fourth-order valence-corrected chi connectivity index (χ4v) is 4.50. The number of aromatic nitrogens is 1. The lowest BCUT2D eigenvalue weighted by Crippen LogP contribution is -2.18. The number of hydrogen-bond acceptors (Lipinski definition) is 6. The maximum Gasteiger partial charge on any atom is 0.343 e. The van der Waals surface area contributed by atoms with Crippen LogP contribution in [0.25, 0.3) is 22.0 Å². The van der Waals surface area contributed by atoms with Gasteiger partial charge in [-0.15, -0.1) is 0 Å². The van der Waals surface area contributed by atoms with Gasteiger partial charge in [-0.05, 0) is 72.6 Å². The van der Waals surface area contributed by atoms with Gasteiger partial charge in [0.15, 0.2) is 11.5 Å². The third kappa shape index (κ3) is 6.23. The van der Waals surface area contributed by atoms with Crippen LogP contribution in [0.4, 0.5) is 0 Å². The highest BCUT2D eigenvalue weighted by molar-refractivity contribution is 6.31. The fourth-order valence-electron chi connectivity index (χ4n) is 4.33. The van der Waals surface area contributed by atoms with E-state index in [-0.39, 0.29) is 5.75 Å². The number of aromatic amines is 1. The molecule has 8 nitrogen and oxygen atoms in total. The Balaban J connectivity index is 1.35. The number of hydrazone groups is 1. The van der Waals surface area contributed by atoms with E-state index in [1.807, 2.05) is 49.4 Å². The Morgan fingerprint density at radius 3 is 2.56 bits per heavy atom. The number of carbonyl (C=O) groups excluding carboxylic acids is 2. The number of esters is 1. The van der Waals surface area contributed by atoms with Gasteiger partial charge in [-0.2, -0.15) is 5.10 Å². The minimum atomic E-state index is -0.549. The van der Waals surface area contributed by atoms with Crippen LogP contribution in [0, 0.1) is 0 Å². The van der Waals surface area contributed by atoms with Crippen LogP contribution in [0.1, 0.15) is 33.3 Å². The highest BCUT2D eigenvalue weighted by Crippen LogP contribution is 2.34. The molecule has 0 saturated heterocycles. The molecule has 0 saturated carbocycles.